The lowest BCUT2D eigenvalue weighted by molar-refractivity contribution is -0.139. The number of hydrogen-bond donors (Lipinski definition) is 0. The van der Waals surface area contributed by atoms with Crippen molar-refractivity contribution >= 4 is 21.9 Å². The van der Waals surface area contributed by atoms with E-state index in [4.69, 9.17) is 9.47 Å². The highest BCUT2D eigenvalue weighted by atomic mass is 79.9. The topological polar surface area (TPSA) is 35.5 Å². The molecule has 20 heavy (non-hydrogen) atoms. The Balaban J connectivity index is 2.42. The monoisotopic (exact) mass is 340 g/mol. The Labute approximate surface area is 125 Å². The number of benzene rings is 1. The van der Waals surface area contributed by atoms with Gasteiger partial charge in [-0.2, -0.15) is 4.39 Å². The fourth-order valence-corrected chi connectivity index (χ4v) is 2.28. The van der Waals surface area contributed by atoms with Gasteiger partial charge in [-0.05, 0) is 37.6 Å². The van der Waals surface area contributed by atoms with E-state index in [1.54, 1.807) is 19.9 Å². The Bertz CT molecular complexity index is 575. The van der Waals surface area contributed by atoms with E-state index in [-0.39, 0.29) is 12.2 Å². The highest BCUT2D eigenvalue weighted by Crippen LogP contribution is 2.36. The molecule has 2 rings (SSSR count). The number of carbonyl (C=O) groups is 1. The third-order valence-corrected chi connectivity index (χ3v) is 3.43. The average molecular weight is 341 g/mol. The second-order valence-corrected chi connectivity index (χ2v) is 5.23. The molecule has 1 heterocycles. The second kappa shape index (κ2) is 6.22. The van der Waals surface area contributed by atoms with E-state index >= 15 is 0 Å². The van der Waals surface area contributed by atoms with E-state index in [1.165, 1.54) is 0 Å². The summed E-state index contributed by atoms with van der Waals surface area (Å²) in [6.45, 7) is 3.51. The van der Waals surface area contributed by atoms with Crippen LogP contribution in [0.4, 0.5) is 4.39 Å². The zero-order valence-electron chi connectivity index (χ0n) is 11.2. The lowest BCUT2D eigenvalue weighted by Gasteiger charge is -2.22. The molecule has 0 radical (unpaired) electrons. The first-order chi connectivity index (χ1) is 9.52. The van der Waals surface area contributed by atoms with Gasteiger partial charge in [-0.1, -0.05) is 28.1 Å². The van der Waals surface area contributed by atoms with Gasteiger partial charge in [-0.15, -0.1) is 0 Å². The Morgan fingerprint density at radius 1 is 1.40 bits per heavy atom. The van der Waals surface area contributed by atoms with Crippen molar-refractivity contribution in [1.82, 2.24) is 0 Å². The second-order valence-electron chi connectivity index (χ2n) is 4.32. The summed E-state index contributed by atoms with van der Waals surface area (Å²) >= 11 is 3.34. The molecule has 0 saturated heterocycles. The van der Waals surface area contributed by atoms with Gasteiger partial charge in [0.1, 0.15) is 11.3 Å². The predicted octanol–water partition coefficient (Wildman–Crippen LogP) is 4.21. The maximum Gasteiger partial charge on any atom is 0.341 e. The molecule has 1 unspecified atom stereocenters. The maximum absolute atomic E-state index is 14.0. The van der Waals surface area contributed by atoms with Crippen LogP contribution in [0.1, 0.15) is 25.3 Å². The van der Waals surface area contributed by atoms with Crippen LogP contribution in [0.5, 0.6) is 0 Å². The Morgan fingerprint density at radius 2 is 2.05 bits per heavy atom. The van der Waals surface area contributed by atoms with E-state index in [2.05, 4.69) is 15.9 Å². The van der Waals surface area contributed by atoms with Crippen LogP contribution in [0.3, 0.4) is 0 Å². The normalized spacial score (nSPS) is 18.4. The molecule has 0 fully saturated rings. The zero-order valence-corrected chi connectivity index (χ0v) is 12.7. The number of rotatable bonds is 3. The van der Waals surface area contributed by atoms with Gasteiger partial charge in [0.25, 0.3) is 6.01 Å². The molecule has 106 valence electrons. The minimum absolute atomic E-state index is 0.0974. The summed E-state index contributed by atoms with van der Waals surface area (Å²) in [7, 11) is 0. The minimum Gasteiger partial charge on any atom is -0.462 e. The summed E-state index contributed by atoms with van der Waals surface area (Å²) < 4.78 is 24.7. The largest absolute Gasteiger partial charge is 0.462 e. The van der Waals surface area contributed by atoms with Gasteiger partial charge in [0.15, 0.2) is 0 Å². The number of halogens is 2. The molecule has 1 aromatic carbocycles. The SMILES string of the molecule is CCOC(=O)C1=C(F)OC(C)=CC1c1ccc(Br)cc1. The standard InChI is InChI=1S/C15H14BrFO3/c1-3-19-15(18)13-12(8-9(2)20-14(13)17)10-4-6-11(16)7-5-10/h4-8,12H,3H2,1-2H3. The average Bonchev–Trinajstić information content (AvgIpc) is 2.38. The van der Waals surface area contributed by atoms with Crippen LogP contribution in [0.2, 0.25) is 0 Å². The first-order valence-corrected chi connectivity index (χ1v) is 7.00. The van der Waals surface area contributed by atoms with Crippen LogP contribution in [0, 0.1) is 0 Å². The van der Waals surface area contributed by atoms with Crippen molar-refractivity contribution in [3.05, 3.63) is 57.7 Å². The van der Waals surface area contributed by atoms with Gasteiger partial charge in [0.05, 0.1) is 6.61 Å². The molecular weight excluding hydrogens is 327 g/mol. The number of carbonyl (C=O) groups excluding carboxylic acids is 1. The van der Waals surface area contributed by atoms with Crippen molar-refractivity contribution in [2.24, 2.45) is 0 Å². The molecule has 0 amide bonds. The molecule has 1 aliphatic heterocycles. The summed E-state index contributed by atoms with van der Waals surface area (Å²) in [5.74, 6) is -0.777. The summed E-state index contributed by atoms with van der Waals surface area (Å²) in [4.78, 5) is 11.9. The van der Waals surface area contributed by atoms with Gasteiger partial charge in [0, 0.05) is 10.4 Å². The third-order valence-electron chi connectivity index (χ3n) is 2.90. The van der Waals surface area contributed by atoms with E-state index in [9.17, 15) is 9.18 Å². The molecule has 0 saturated carbocycles. The van der Waals surface area contributed by atoms with Gasteiger partial charge in [-0.3, -0.25) is 0 Å². The van der Waals surface area contributed by atoms with E-state index in [0.29, 0.717) is 5.76 Å². The first-order valence-electron chi connectivity index (χ1n) is 6.21. The van der Waals surface area contributed by atoms with Crippen molar-refractivity contribution in [2.75, 3.05) is 6.61 Å². The quantitative estimate of drug-likeness (QED) is 0.773. The number of ether oxygens (including phenoxy) is 2. The molecule has 1 atom stereocenters. The molecule has 0 aromatic heterocycles. The fraction of sp³-hybridized carbons (Fsp3) is 0.267. The summed E-state index contributed by atoms with van der Waals surface area (Å²) in [6.07, 6.45) is 1.71. The maximum atomic E-state index is 14.0. The van der Waals surface area contributed by atoms with Gasteiger partial charge >= 0.3 is 5.97 Å². The van der Waals surface area contributed by atoms with Crippen LogP contribution in [0.25, 0.3) is 0 Å². The lowest BCUT2D eigenvalue weighted by atomic mass is 9.90. The zero-order chi connectivity index (χ0) is 14.7. The third kappa shape index (κ3) is 3.10. The van der Waals surface area contributed by atoms with Crippen molar-refractivity contribution in [1.29, 1.82) is 0 Å². The van der Waals surface area contributed by atoms with Crippen LogP contribution in [-0.4, -0.2) is 12.6 Å². The Hall–Kier alpha value is -1.62. The van der Waals surface area contributed by atoms with Gasteiger partial charge in [-0.25, -0.2) is 4.79 Å². The van der Waals surface area contributed by atoms with E-state index in [0.717, 1.165) is 10.0 Å². The highest BCUT2D eigenvalue weighted by molar-refractivity contribution is 9.10. The van der Waals surface area contributed by atoms with Crippen molar-refractivity contribution < 1.29 is 18.7 Å². The highest BCUT2D eigenvalue weighted by Gasteiger charge is 2.31. The van der Waals surface area contributed by atoms with Crippen molar-refractivity contribution in [3.63, 3.8) is 0 Å². The summed E-state index contributed by atoms with van der Waals surface area (Å²) in [5, 5.41) is 0. The number of allylic oxidation sites excluding steroid dienone is 2. The molecular formula is C15H14BrFO3. The molecule has 0 aliphatic carbocycles. The first kappa shape index (κ1) is 14.8. The van der Waals surface area contributed by atoms with Gasteiger partial charge < -0.3 is 9.47 Å². The fourth-order valence-electron chi connectivity index (χ4n) is 2.02. The summed E-state index contributed by atoms with van der Waals surface area (Å²) in [6, 6.07) is 6.45. The Morgan fingerprint density at radius 3 is 2.65 bits per heavy atom. The molecule has 0 bridgehead atoms. The molecule has 0 N–H and O–H groups in total. The van der Waals surface area contributed by atoms with Gasteiger partial charge in [0.2, 0.25) is 0 Å². The molecule has 3 nitrogen and oxygen atoms in total. The number of hydrogen-bond acceptors (Lipinski definition) is 3. The van der Waals surface area contributed by atoms with E-state index in [1.807, 2.05) is 24.3 Å². The lowest BCUT2D eigenvalue weighted by Crippen LogP contribution is -2.19. The van der Waals surface area contributed by atoms with Crippen molar-refractivity contribution in [3.8, 4) is 0 Å². The number of esters is 1. The van der Waals surface area contributed by atoms with Crippen LogP contribution in [0.15, 0.2) is 52.2 Å². The molecule has 1 aliphatic rings. The molecule has 1 aromatic rings. The minimum atomic E-state index is -0.892. The molecule has 0 spiro atoms. The van der Waals surface area contributed by atoms with E-state index < -0.39 is 17.9 Å². The van der Waals surface area contributed by atoms with Crippen LogP contribution in [-0.2, 0) is 14.3 Å². The summed E-state index contributed by atoms with van der Waals surface area (Å²) in [5.41, 5.74) is 0.703. The van der Waals surface area contributed by atoms with Crippen LogP contribution < -0.4 is 0 Å². The van der Waals surface area contributed by atoms with Crippen LogP contribution >= 0.6 is 15.9 Å². The Kier molecular flexibility index (Phi) is 4.60. The smallest absolute Gasteiger partial charge is 0.341 e. The molecule has 5 heteroatoms. The predicted molar refractivity (Wildman–Crippen MR) is 76.5 cm³/mol. The van der Waals surface area contributed by atoms with Crippen molar-refractivity contribution in [2.45, 2.75) is 19.8 Å².